The predicted molar refractivity (Wildman–Crippen MR) is 156 cm³/mol. The van der Waals surface area contributed by atoms with E-state index < -0.39 is 35.4 Å². The second-order valence-electron chi connectivity index (χ2n) is 11.3. The average Bonchev–Trinajstić information content (AvgIpc) is 2.94. The molecule has 0 aromatic heterocycles. The van der Waals surface area contributed by atoms with Crippen LogP contribution in [0, 0.1) is 5.92 Å². The molecule has 3 aromatic carbocycles. The van der Waals surface area contributed by atoms with Gasteiger partial charge in [-0.25, -0.2) is 9.59 Å². The maximum absolute atomic E-state index is 14.0. The van der Waals surface area contributed by atoms with Crippen LogP contribution in [0.25, 0.3) is 0 Å². The normalized spacial score (nSPS) is 18.0. The van der Waals surface area contributed by atoms with Crippen LogP contribution < -0.4 is 10.6 Å². The Morgan fingerprint density at radius 1 is 0.805 bits per heavy atom. The number of alkyl carbamates (subject to hydrolysis) is 2. The van der Waals surface area contributed by atoms with Crippen molar-refractivity contribution in [2.75, 3.05) is 0 Å². The summed E-state index contributed by atoms with van der Waals surface area (Å²) >= 11 is 0. The largest absolute Gasteiger partial charge is 0.445 e. The molecule has 0 radical (unpaired) electrons. The molecule has 2 N–H and O–H groups in total. The summed E-state index contributed by atoms with van der Waals surface area (Å²) in [6.07, 6.45) is -0.612. The van der Waals surface area contributed by atoms with Crippen molar-refractivity contribution in [1.82, 2.24) is 15.5 Å². The number of nitrogens with one attached hydrogen (secondary N) is 2. The molecule has 1 aliphatic rings. The van der Waals surface area contributed by atoms with Crippen molar-refractivity contribution in [3.05, 3.63) is 108 Å². The minimum Gasteiger partial charge on any atom is -0.445 e. The van der Waals surface area contributed by atoms with Gasteiger partial charge in [-0.1, -0.05) is 104 Å². The highest BCUT2D eigenvalue weighted by Gasteiger charge is 2.60. The van der Waals surface area contributed by atoms with Gasteiger partial charge in [0.05, 0.1) is 6.04 Å². The Morgan fingerprint density at radius 3 is 1.90 bits per heavy atom. The molecule has 1 aliphatic heterocycles. The molecule has 0 saturated carbocycles. The van der Waals surface area contributed by atoms with E-state index >= 15 is 0 Å². The van der Waals surface area contributed by atoms with Gasteiger partial charge in [0.1, 0.15) is 23.8 Å². The molecule has 3 amide bonds. The molecular weight excluding hydrogens is 518 g/mol. The molecule has 0 aliphatic carbocycles. The van der Waals surface area contributed by atoms with Crippen LogP contribution >= 0.6 is 0 Å². The van der Waals surface area contributed by atoms with E-state index in [4.69, 9.17) is 9.47 Å². The van der Waals surface area contributed by atoms with Crippen LogP contribution in [-0.2, 0) is 27.4 Å². The van der Waals surface area contributed by atoms with Gasteiger partial charge in [-0.05, 0) is 43.9 Å². The fourth-order valence-corrected chi connectivity index (χ4v) is 5.30. The molecule has 0 bridgehead atoms. The quantitative estimate of drug-likeness (QED) is 0.224. The molecule has 8 heteroatoms. The zero-order chi connectivity index (χ0) is 29.5. The van der Waals surface area contributed by atoms with E-state index in [9.17, 15) is 14.4 Å². The molecule has 1 heterocycles. The number of likely N-dealkylation sites (tertiary alicyclic amines) is 1. The van der Waals surface area contributed by atoms with Crippen molar-refractivity contribution in [2.45, 2.75) is 71.0 Å². The Bertz CT molecular complexity index is 1310. The molecule has 0 unspecified atom stereocenters. The standard InChI is InChI=1S/C33H39N3O5/c1-5-21-33(35-31(39)41-32(2,3)4,34-30(38)40-23-25-17-11-7-12-18-25)27-28(26-19-13-8-14-20-26)36(29(27)37)22-24-15-9-6-10-16-24/h6-20,27-28H,5,21-23H2,1-4H3,(H,34,38)(H,35,39)/t27-,28-,33-/m0/s1. The minimum absolute atomic E-state index is 0.0438. The Balaban J connectivity index is 1.70. The maximum atomic E-state index is 14.0. The molecule has 4 rings (SSSR count). The fraction of sp³-hybridized carbons (Fsp3) is 0.364. The fourth-order valence-electron chi connectivity index (χ4n) is 5.30. The second-order valence-corrected chi connectivity index (χ2v) is 11.3. The summed E-state index contributed by atoms with van der Waals surface area (Å²) in [5, 5.41) is 5.83. The van der Waals surface area contributed by atoms with Crippen molar-refractivity contribution < 1.29 is 23.9 Å². The number of β-lactam (4-membered cyclic amide) rings is 1. The third-order valence-corrected chi connectivity index (χ3v) is 6.97. The number of hydrogen-bond acceptors (Lipinski definition) is 5. The second kappa shape index (κ2) is 12.9. The minimum atomic E-state index is -1.46. The molecule has 41 heavy (non-hydrogen) atoms. The zero-order valence-electron chi connectivity index (χ0n) is 24.1. The van der Waals surface area contributed by atoms with Gasteiger partial charge in [0, 0.05) is 6.54 Å². The zero-order valence-corrected chi connectivity index (χ0v) is 24.1. The molecule has 8 nitrogen and oxygen atoms in total. The molecule has 1 saturated heterocycles. The summed E-state index contributed by atoms with van der Waals surface area (Å²) in [6.45, 7) is 7.66. The molecule has 3 aromatic rings. The number of ether oxygens (including phenoxy) is 2. The lowest BCUT2D eigenvalue weighted by Gasteiger charge is -2.55. The number of carbonyl (C=O) groups excluding carboxylic acids is 3. The average molecular weight is 558 g/mol. The van der Waals surface area contributed by atoms with E-state index in [0.29, 0.717) is 13.0 Å². The molecule has 1 fully saturated rings. The summed E-state index contributed by atoms with van der Waals surface area (Å²) < 4.78 is 11.2. The van der Waals surface area contributed by atoms with Gasteiger partial charge in [0.2, 0.25) is 5.91 Å². The van der Waals surface area contributed by atoms with Crippen LogP contribution in [0.2, 0.25) is 0 Å². The van der Waals surface area contributed by atoms with Crippen LogP contribution in [0.1, 0.15) is 63.3 Å². The Morgan fingerprint density at radius 2 is 1.34 bits per heavy atom. The molecule has 216 valence electrons. The Labute approximate surface area is 242 Å². The molecule has 3 atom stereocenters. The van der Waals surface area contributed by atoms with Gasteiger partial charge >= 0.3 is 12.2 Å². The first kappa shape index (κ1) is 29.6. The van der Waals surface area contributed by atoms with Gasteiger partial charge in [0.15, 0.2) is 0 Å². The third-order valence-electron chi connectivity index (χ3n) is 6.97. The van der Waals surface area contributed by atoms with E-state index in [1.54, 1.807) is 25.7 Å². The number of carbonyl (C=O) groups is 3. The first-order chi connectivity index (χ1) is 19.6. The van der Waals surface area contributed by atoms with Crippen LogP contribution in [0.4, 0.5) is 9.59 Å². The van der Waals surface area contributed by atoms with Crippen LogP contribution in [0.15, 0.2) is 91.0 Å². The summed E-state index contributed by atoms with van der Waals surface area (Å²) in [6, 6.07) is 28.3. The maximum Gasteiger partial charge on any atom is 0.409 e. The van der Waals surface area contributed by atoms with E-state index in [0.717, 1.165) is 16.7 Å². The Kier molecular flexibility index (Phi) is 9.32. The third kappa shape index (κ3) is 7.45. The van der Waals surface area contributed by atoms with Gasteiger partial charge in [-0.2, -0.15) is 0 Å². The lowest BCUT2D eigenvalue weighted by Crippen LogP contribution is -2.74. The van der Waals surface area contributed by atoms with Gasteiger partial charge < -0.3 is 14.4 Å². The van der Waals surface area contributed by atoms with Crippen LogP contribution in [-0.4, -0.2) is 34.3 Å². The monoisotopic (exact) mass is 557 g/mol. The smallest absolute Gasteiger partial charge is 0.409 e. The van der Waals surface area contributed by atoms with Crippen molar-refractivity contribution in [3.63, 3.8) is 0 Å². The predicted octanol–water partition coefficient (Wildman–Crippen LogP) is 6.33. The van der Waals surface area contributed by atoms with Crippen molar-refractivity contribution in [1.29, 1.82) is 0 Å². The topological polar surface area (TPSA) is 97.0 Å². The number of hydrogen-bond donors (Lipinski definition) is 2. The highest BCUT2D eigenvalue weighted by Crippen LogP contribution is 2.47. The molecular formula is C33H39N3O5. The number of nitrogens with zero attached hydrogens (tertiary/aromatic N) is 1. The van der Waals surface area contributed by atoms with Gasteiger partial charge in [0.25, 0.3) is 0 Å². The van der Waals surface area contributed by atoms with E-state index in [1.165, 1.54) is 0 Å². The SMILES string of the molecule is CCC[C@](NC(=O)OCc1ccccc1)(NC(=O)OC(C)(C)C)[C@@H]1C(=O)N(Cc2ccccc2)[C@H]1c1ccccc1. The van der Waals surface area contributed by atoms with Gasteiger partial charge in [-0.3, -0.25) is 15.4 Å². The lowest BCUT2D eigenvalue weighted by atomic mass is 9.72. The summed E-state index contributed by atoms with van der Waals surface area (Å²) in [5.41, 5.74) is 0.461. The molecule has 0 spiro atoms. The van der Waals surface area contributed by atoms with Crippen molar-refractivity contribution in [2.24, 2.45) is 5.92 Å². The Hall–Kier alpha value is -4.33. The highest BCUT2D eigenvalue weighted by atomic mass is 16.6. The summed E-state index contributed by atoms with van der Waals surface area (Å²) in [7, 11) is 0. The van der Waals surface area contributed by atoms with Crippen molar-refractivity contribution >= 4 is 18.1 Å². The first-order valence-electron chi connectivity index (χ1n) is 14.0. The van der Waals surface area contributed by atoms with Gasteiger partial charge in [-0.15, -0.1) is 0 Å². The van der Waals surface area contributed by atoms with Crippen LogP contribution in [0.5, 0.6) is 0 Å². The number of amides is 3. The van der Waals surface area contributed by atoms with E-state index in [2.05, 4.69) is 10.6 Å². The summed E-state index contributed by atoms with van der Waals surface area (Å²) in [4.78, 5) is 42.3. The van der Waals surface area contributed by atoms with E-state index in [1.807, 2.05) is 97.9 Å². The summed E-state index contributed by atoms with van der Waals surface area (Å²) in [5.74, 6) is -0.985. The van der Waals surface area contributed by atoms with Crippen LogP contribution in [0.3, 0.4) is 0 Å². The van der Waals surface area contributed by atoms with Crippen molar-refractivity contribution in [3.8, 4) is 0 Å². The number of benzene rings is 3. The highest BCUT2D eigenvalue weighted by molar-refractivity contribution is 5.89. The first-order valence-corrected chi connectivity index (χ1v) is 14.0. The lowest BCUT2D eigenvalue weighted by molar-refractivity contribution is -0.167. The number of rotatable bonds is 10. The van der Waals surface area contributed by atoms with E-state index in [-0.39, 0.29) is 18.9 Å².